The van der Waals surface area contributed by atoms with E-state index in [0.717, 1.165) is 37.5 Å². The monoisotopic (exact) mass is 400 g/mol. The van der Waals surface area contributed by atoms with Gasteiger partial charge in [-0.2, -0.15) is 0 Å². The van der Waals surface area contributed by atoms with Gasteiger partial charge < -0.3 is 4.74 Å². The van der Waals surface area contributed by atoms with E-state index in [-0.39, 0.29) is 5.56 Å². The van der Waals surface area contributed by atoms with Crippen LogP contribution >= 0.6 is 34.4 Å². The molecule has 0 aliphatic rings. The number of ether oxygens (including phenoxy) is 1. The van der Waals surface area contributed by atoms with Crippen LogP contribution in [-0.4, -0.2) is 16.7 Å². The Hall–Kier alpha value is -2.09. The number of hydrogen-bond acceptors (Lipinski definition) is 6. The van der Waals surface area contributed by atoms with Crippen molar-refractivity contribution >= 4 is 44.7 Å². The third-order valence-electron chi connectivity index (χ3n) is 4.06. The van der Waals surface area contributed by atoms with Gasteiger partial charge in [0.05, 0.1) is 12.5 Å². The summed E-state index contributed by atoms with van der Waals surface area (Å²) in [5, 5.41) is 5.49. The number of rotatable bonds is 5. The first kappa shape index (κ1) is 17.3. The summed E-state index contributed by atoms with van der Waals surface area (Å²) in [7, 11) is 3.45. The first-order valence-corrected chi connectivity index (χ1v) is 10.7. The molecule has 4 rings (SSSR count). The molecular weight excluding hydrogens is 384 g/mol. The molecule has 0 saturated heterocycles. The number of thioether (sulfide) groups is 1. The zero-order valence-electron chi connectivity index (χ0n) is 14.3. The Morgan fingerprint density at radius 2 is 2.12 bits per heavy atom. The minimum absolute atomic E-state index is 0.00722. The number of methoxy groups -OCH3 is 1. The summed E-state index contributed by atoms with van der Waals surface area (Å²) in [4.78, 5) is 19.6. The van der Waals surface area contributed by atoms with Gasteiger partial charge in [-0.3, -0.25) is 9.36 Å². The number of benzene rings is 1. The molecule has 0 amide bonds. The molecule has 0 fully saturated rings. The molecule has 0 N–H and O–H groups in total. The molecule has 0 aliphatic heterocycles. The summed E-state index contributed by atoms with van der Waals surface area (Å²) >= 11 is 4.73. The molecular formula is C19H16N2O2S3. The fourth-order valence-electron chi connectivity index (χ4n) is 2.71. The normalized spacial score (nSPS) is 11.2. The van der Waals surface area contributed by atoms with Crippen molar-refractivity contribution < 1.29 is 4.74 Å². The average Bonchev–Trinajstić information content (AvgIpc) is 3.33. The van der Waals surface area contributed by atoms with Gasteiger partial charge in [-0.05, 0) is 29.1 Å². The van der Waals surface area contributed by atoms with E-state index < -0.39 is 0 Å². The molecule has 0 atom stereocenters. The van der Waals surface area contributed by atoms with Crippen LogP contribution in [-0.2, 0) is 12.8 Å². The van der Waals surface area contributed by atoms with Gasteiger partial charge in [-0.15, -0.1) is 22.7 Å². The van der Waals surface area contributed by atoms with E-state index in [4.69, 9.17) is 9.72 Å². The highest BCUT2D eigenvalue weighted by Gasteiger charge is 2.16. The van der Waals surface area contributed by atoms with Crippen LogP contribution in [0.3, 0.4) is 0 Å². The van der Waals surface area contributed by atoms with Gasteiger partial charge in [-0.1, -0.05) is 30.0 Å². The Morgan fingerprint density at radius 1 is 1.23 bits per heavy atom. The lowest BCUT2D eigenvalue weighted by Gasteiger charge is -2.08. The molecule has 7 heteroatoms. The number of thiophene rings is 2. The maximum atomic E-state index is 12.9. The van der Waals surface area contributed by atoms with E-state index in [1.54, 1.807) is 41.8 Å². The predicted octanol–water partition coefficient (Wildman–Crippen LogP) is 5.02. The van der Waals surface area contributed by atoms with E-state index in [9.17, 15) is 4.79 Å². The highest BCUT2D eigenvalue weighted by Crippen LogP contribution is 2.34. The maximum Gasteiger partial charge on any atom is 0.263 e. The quantitative estimate of drug-likeness (QED) is 0.348. The molecule has 0 saturated carbocycles. The molecule has 0 bridgehead atoms. The van der Waals surface area contributed by atoms with Crippen LogP contribution in [0.4, 0.5) is 0 Å². The summed E-state index contributed by atoms with van der Waals surface area (Å²) in [6, 6.07) is 12.0. The molecule has 4 aromatic rings. The summed E-state index contributed by atoms with van der Waals surface area (Å²) in [6.45, 7) is 0. The first-order valence-electron chi connectivity index (χ1n) is 7.95. The van der Waals surface area contributed by atoms with Crippen molar-refractivity contribution in [2.24, 2.45) is 7.05 Å². The largest absolute Gasteiger partial charge is 0.497 e. The zero-order valence-corrected chi connectivity index (χ0v) is 16.7. The Kier molecular flexibility index (Phi) is 4.84. The van der Waals surface area contributed by atoms with E-state index >= 15 is 0 Å². The van der Waals surface area contributed by atoms with Crippen molar-refractivity contribution in [1.82, 2.24) is 9.55 Å². The summed E-state index contributed by atoms with van der Waals surface area (Å²) < 4.78 is 6.92. The van der Waals surface area contributed by atoms with Gasteiger partial charge in [0.25, 0.3) is 5.56 Å². The number of fused-ring (bicyclic) bond motifs is 1. The van der Waals surface area contributed by atoms with Crippen molar-refractivity contribution in [2.75, 3.05) is 7.11 Å². The van der Waals surface area contributed by atoms with Crippen molar-refractivity contribution in [1.29, 1.82) is 0 Å². The first-order chi connectivity index (χ1) is 12.7. The van der Waals surface area contributed by atoms with Gasteiger partial charge in [0.15, 0.2) is 5.16 Å². The SMILES string of the molecule is COc1cccc(CSc2nc3scc(-c4cccs4)c3c(=O)n2C)c1. The topological polar surface area (TPSA) is 44.1 Å². The van der Waals surface area contributed by atoms with Crippen LogP contribution in [0.25, 0.3) is 20.7 Å². The molecule has 0 radical (unpaired) electrons. The molecule has 3 aromatic heterocycles. The molecule has 132 valence electrons. The van der Waals surface area contributed by atoms with Crippen molar-refractivity contribution in [2.45, 2.75) is 10.9 Å². The van der Waals surface area contributed by atoms with Gasteiger partial charge in [0, 0.05) is 28.6 Å². The summed E-state index contributed by atoms with van der Waals surface area (Å²) in [5.41, 5.74) is 2.12. The fourth-order valence-corrected chi connectivity index (χ4v) is 5.42. The second-order valence-corrected chi connectivity index (χ2v) is 8.45. The second-order valence-electron chi connectivity index (χ2n) is 5.71. The van der Waals surface area contributed by atoms with E-state index in [0.29, 0.717) is 5.39 Å². The minimum Gasteiger partial charge on any atom is -0.497 e. The maximum absolute atomic E-state index is 12.9. The van der Waals surface area contributed by atoms with Crippen LogP contribution < -0.4 is 10.3 Å². The van der Waals surface area contributed by atoms with Crippen LogP contribution in [0.15, 0.2) is 57.1 Å². The summed E-state index contributed by atoms with van der Waals surface area (Å²) in [6.07, 6.45) is 0. The van der Waals surface area contributed by atoms with Crippen LogP contribution in [0.1, 0.15) is 5.56 Å². The Labute approximate surface area is 163 Å². The molecule has 0 aliphatic carbocycles. The number of hydrogen-bond donors (Lipinski definition) is 0. The van der Waals surface area contributed by atoms with Crippen molar-refractivity contribution in [3.8, 4) is 16.2 Å². The van der Waals surface area contributed by atoms with Gasteiger partial charge in [0.2, 0.25) is 0 Å². The van der Waals surface area contributed by atoms with Crippen LogP contribution in [0.5, 0.6) is 5.75 Å². The third kappa shape index (κ3) is 3.18. The molecule has 1 aromatic carbocycles. The lowest BCUT2D eigenvalue weighted by molar-refractivity contribution is 0.414. The molecule has 0 unspecified atom stereocenters. The van der Waals surface area contributed by atoms with E-state index in [2.05, 4.69) is 0 Å². The standard InChI is InChI=1S/C19H16N2O2S3/c1-21-18(22)16-14(15-7-4-8-24-15)11-25-17(16)20-19(21)26-10-12-5-3-6-13(9-12)23-2/h3-9,11H,10H2,1-2H3. The number of nitrogens with zero attached hydrogens (tertiary/aromatic N) is 2. The Morgan fingerprint density at radius 3 is 2.88 bits per heavy atom. The van der Waals surface area contributed by atoms with Crippen molar-refractivity contribution in [3.63, 3.8) is 0 Å². The second kappa shape index (κ2) is 7.26. The smallest absolute Gasteiger partial charge is 0.263 e. The fraction of sp³-hybridized carbons (Fsp3) is 0.158. The molecule has 0 spiro atoms. The molecule has 3 heterocycles. The van der Waals surface area contributed by atoms with E-state index in [1.807, 2.05) is 47.2 Å². The predicted molar refractivity (Wildman–Crippen MR) is 111 cm³/mol. The Bertz CT molecular complexity index is 1110. The highest BCUT2D eigenvalue weighted by molar-refractivity contribution is 7.98. The van der Waals surface area contributed by atoms with Crippen LogP contribution in [0, 0.1) is 0 Å². The van der Waals surface area contributed by atoms with Crippen LogP contribution in [0.2, 0.25) is 0 Å². The van der Waals surface area contributed by atoms with Gasteiger partial charge in [0.1, 0.15) is 10.6 Å². The Balaban J connectivity index is 1.68. The van der Waals surface area contributed by atoms with E-state index in [1.165, 1.54) is 11.3 Å². The highest BCUT2D eigenvalue weighted by atomic mass is 32.2. The molecule has 4 nitrogen and oxygen atoms in total. The minimum atomic E-state index is 0.00722. The summed E-state index contributed by atoms with van der Waals surface area (Å²) in [5.74, 6) is 1.56. The van der Waals surface area contributed by atoms with Crippen molar-refractivity contribution in [3.05, 3.63) is 63.1 Å². The lowest BCUT2D eigenvalue weighted by atomic mass is 10.2. The zero-order chi connectivity index (χ0) is 18.1. The number of aromatic nitrogens is 2. The van der Waals surface area contributed by atoms with Gasteiger partial charge in [-0.25, -0.2) is 4.98 Å². The third-order valence-corrected chi connectivity index (χ3v) is 6.94. The average molecular weight is 401 g/mol. The molecule has 26 heavy (non-hydrogen) atoms. The van der Waals surface area contributed by atoms with Gasteiger partial charge >= 0.3 is 0 Å². The lowest BCUT2D eigenvalue weighted by Crippen LogP contribution is -2.19.